The molecule has 0 aliphatic heterocycles. The molecule has 0 atom stereocenters. The monoisotopic (exact) mass is 456 g/mol. The first kappa shape index (κ1) is 13.0. The van der Waals surface area contributed by atoms with Crippen LogP contribution >= 0.6 is 23.2 Å². The Bertz CT molecular complexity index is 509. The SMILES string of the molecule is Oc1ccc(Cl)c[c]1[Hg][c]1cc(Cl)ccc1O. The Morgan fingerprint density at radius 2 is 1.18 bits per heavy atom. The molecular weight excluding hydrogens is 448 g/mol. The minimum atomic E-state index is -1.83. The van der Waals surface area contributed by atoms with Gasteiger partial charge in [-0.1, -0.05) is 0 Å². The fourth-order valence-corrected chi connectivity index (χ4v) is 9.42. The van der Waals surface area contributed by atoms with E-state index in [0.29, 0.717) is 10.0 Å². The van der Waals surface area contributed by atoms with Gasteiger partial charge >= 0.3 is 122 Å². The van der Waals surface area contributed by atoms with Gasteiger partial charge in [-0.3, -0.25) is 0 Å². The quantitative estimate of drug-likeness (QED) is 0.683. The van der Waals surface area contributed by atoms with Crippen LogP contribution in [0, 0.1) is 0 Å². The van der Waals surface area contributed by atoms with Gasteiger partial charge in [0.15, 0.2) is 0 Å². The second kappa shape index (κ2) is 5.47. The van der Waals surface area contributed by atoms with Crippen LogP contribution in [-0.4, -0.2) is 10.2 Å². The second-order valence-corrected chi connectivity index (χ2v) is 11.9. The van der Waals surface area contributed by atoms with Crippen molar-refractivity contribution in [2.45, 2.75) is 0 Å². The van der Waals surface area contributed by atoms with Gasteiger partial charge in [-0.05, 0) is 0 Å². The van der Waals surface area contributed by atoms with E-state index in [4.69, 9.17) is 23.2 Å². The number of phenols is 2. The van der Waals surface area contributed by atoms with E-state index in [1.807, 2.05) is 0 Å². The first-order valence-electron chi connectivity index (χ1n) is 5.01. The summed E-state index contributed by atoms with van der Waals surface area (Å²) < 4.78 is 1.74. The number of halogens is 2. The van der Waals surface area contributed by atoms with Crippen LogP contribution in [0.15, 0.2) is 36.4 Å². The van der Waals surface area contributed by atoms with Crippen molar-refractivity contribution in [3.8, 4) is 11.5 Å². The van der Waals surface area contributed by atoms with Crippen molar-refractivity contribution in [2.75, 3.05) is 0 Å². The molecule has 0 fully saturated rings. The van der Waals surface area contributed by atoms with Crippen molar-refractivity contribution in [2.24, 2.45) is 0 Å². The molecule has 2 rings (SSSR count). The summed E-state index contributed by atoms with van der Waals surface area (Å²) in [5.41, 5.74) is 0. The zero-order valence-electron chi connectivity index (χ0n) is 8.82. The van der Waals surface area contributed by atoms with Crippen LogP contribution < -0.4 is 6.14 Å². The van der Waals surface area contributed by atoms with Gasteiger partial charge in [0.25, 0.3) is 0 Å². The van der Waals surface area contributed by atoms with E-state index in [9.17, 15) is 10.2 Å². The normalized spacial score (nSPS) is 10.0. The minimum absolute atomic E-state index is 0.246. The van der Waals surface area contributed by atoms with Crippen molar-refractivity contribution in [1.29, 1.82) is 0 Å². The third-order valence-corrected chi connectivity index (χ3v) is 10.3. The van der Waals surface area contributed by atoms with Crippen LogP contribution in [0.25, 0.3) is 0 Å². The summed E-state index contributed by atoms with van der Waals surface area (Å²) in [5.74, 6) is 0.492. The van der Waals surface area contributed by atoms with Crippen molar-refractivity contribution >= 4 is 29.3 Å². The maximum atomic E-state index is 9.74. The molecule has 2 nitrogen and oxygen atoms in total. The molecule has 0 bridgehead atoms. The fourth-order valence-electron chi connectivity index (χ4n) is 1.60. The van der Waals surface area contributed by atoms with E-state index in [0.717, 1.165) is 6.14 Å². The molecule has 0 spiro atoms. The topological polar surface area (TPSA) is 40.5 Å². The van der Waals surface area contributed by atoms with Crippen molar-refractivity contribution in [3.05, 3.63) is 46.4 Å². The van der Waals surface area contributed by atoms with Gasteiger partial charge in [-0.25, -0.2) is 0 Å². The summed E-state index contributed by atoms with van der Waals surface area (Å²) >= 11 is 9.95. The van der Waals surface area contributed by atoms with Gasteiger partial charge in [0.2, 0.25) is 0 Å². The molecule has 2 N–H and O–H groups in total. The van der Waals surface area contributed by atoms with Gasteiger partial charge in [-0.15, -0.1) is 0 Å². The third-order valence-electron chi connectivity index (χ3n) is 2.46. The van der Waals surface area contributed by atoms with Crippen molar-refractivity contribution < 1.29 is 34.8 Å². The van der Waals surface area contributed by atoms with E-state index in [1.165, 1.54) is 0 Å². The number of hydrogen-bond donors (Lipinski definition) is 2. The molecule has 2 aromatic carbocycles. The van der Waals surface area contributed by atoms with Crippen molar-refractivity contribution in [3.63, 3.8) is 0 Å². The molecule has 0 aliphatic carbocycles. The summed E-state index contributed by atoms with van der Waals surface area (Å²) in [5, 5.41) is 20.7. The van der Waals surface area contributed by atoms with Gasteiger partial charge in [-0.2, -0.15) is 0 Å². The Hall–Kier alpha value is -0.445. The van der Waals surface area contributed by atoms with Crippen LogP contribution in [0.2, 0.25) is 10.0 Å². The zero-order valence-corrected chi connectivity index (χ0v) is 15.8. The van der Waals surface area contributed by atoms with Gasteiger partial charge in [0.05, 0.1) is 0 Å². The number of rotatable bonds is 2. The van der Waals surface area contributed by atoms with Gasteiger partial charge < -0.3 is 0 Å². The van der Waals surface area contributed by atoms with Gasteiger partial charge in [0.1, 0.15) is 0 Å². The Kier molecular flexibility index (Phi) is 4.18. The molecular formula is C12H8Cl2HgO2. The molecule has 0 aliphatic rings. The molecule has 0 amide bonds. The van der Waals surface area contributed by atoms with Crippen LogP contribution in [0.3, 0.4) is 0 Å². The van der Waals surface area contributed by atoms with Crippen LogP contribution in [0.4, 0.5) is 0 Å². The van der Waals surface area contributed by atoms with Crippen molar-refractivity contribution in [1.82, 2.24) is 0 Å². The van der Waals surface area contributed by atoms with Crippen LogP contribution in [0.1, 0.15) is 0 Å². The predicted octanol–water partition coefficient (Wildman–Crippen LogP) is 2.44. The molecule has 0 unspecified atom stereocenters. The first-order valence-corrected chi connectivity index (χ1v) is 11.3. The second-order valence-electron chi connectivity index (χ2n) is 3.72. The summed E-state index contributed by atoms with van der Waals surface area (Å²) in [7, 11) is 0. The molecule has 0 saturated carbocycles. The summed E-state index contributed by atoms with van der Waals surface area (Å²) in [6, 6.07) is 9.98. The fraction of sp³-hybridized carbons (Fsp3) is 0. The molecule has 0 aromatic heterocycles. The Labute approximate surface area is 121 Å². The summed E-state index contributed by atoms with van der Waals surface area (Å²) in [6.07, 6.45) is 0. The Balaban J connectivity index is 2.37. The van der Waals surface area contributed by atoms with E-state index in [2.05, 4.69) is 0 Å². The molecule has 0 saturated heterocycles. The molecule has 0 radical (unpaired) electrons. The molecule has 0 heterocycles. The summed E-state index contributed by atoms with van der Waals surface area (Å²) in [4.78, 5) is 0. The molecule has 2 aromatic rings. The predicted molar refractivity (Wildman–Crippen MR) is 65.5 cm³/mol. The Morgan fingerprint density at radius 3 is 1.59 bits per heavy atom. The van der Waals surface area contributed by atoms with E-state index in [-0.39, 0.29) is 11.5 Å². The molecule has 17 heavy (non-hydrogen) atoms. The standard InChI is InChI=1S/2C6H4ClO.Hg/c2*7-5-1-3-6(8)4-2-5;/h2*1-3,8H;. The average Bonchev–Trinajstić information content (AvgIpc) is 2.28. The van der Waals surface area contributed by atoms with E-state index >= 15 is 0 Å². The van der Waals surface area contributed by atoms with Crippen LogP contribution in [-0.2, 0) is 24.6 Å². The van der Waals surface area contributed by atoms with Gasteiger partial charge in [0, 0.05) is 0 Å². The van der Waals surface area contributed by atoms with E-state index < -0.39 is 24.6 Å². The average molecular weight is 456 g/mol. The number of aromatic hydroxyl groups is 2. The number of benzene rings is 2. The number of phenolic OH excluding ortho intramolecular Hbond substituents is 2. The summed E-state index contributed by atoms with van der Waals surface area (Å²) in [6.45, 7) is 0. The molecule has 5 heteroatoms. The first-order chi connectivity index (χ1) is 8.06. The third kappa shape index (κ3) is 3.27. The Morgan fingerprint density at radius 1 is 0.765 bits per heavy atom. The van der Waals surface area contributed by atoms with Crippen LogP contribution in [0.5, 0.6) is 11.5 Å². The zero-order chi connectivity index (χ0) is 12.4. The number of hydrogen-bond acceptors (Lipinski definition) is 2. The van der Waals surface area contributed by atoms with E-state index in [1.54, 1.807) is 36.4 Å². The molecule has 84 valence electrons. The maximum absolute atomic E-state index is 9.74.